The molecule has 0 saturated carbocycles. The Labute approximate surface area is 131 Å². The molecule has 0 unspecified atom stereocenters. The molecule has 0 aliphatic heterocycles. The van der Waals surface area contributed by atoms with Crippen LogP contribution in [0, 0.1) is 0 Å². The van der Waals surface area contributed by atoms with E-state index in [1.54, 1.807) is 23.6 Å². The van der Waals surface area contributed by atoms with Crippen LogP contribution in [0.5, 0.6) is 0 Å². The number of nitrogens with one attached hydrogen (secondary N) is 1. The molecular weight excluding hydrogens is 308 g/mol. The smallest absolute Gasteiger partial charge is 0.358 e. The number of thiophene rings is 1. The maximum atomic E-state index is 12.0. The molecule has 0 bridgehead atoms. The molecule has 2 aromatic heterocycles. The SMILES string of the molecule is CCCNC(=O)[C@@H](C)OC(=O)c1csc(-c2cccs2)n1. The van der Waals surface area contributed by atoms with Crippen LogP contribution in [0.4, 0.5) is 0 Å². The quantitative estimate of drug-likeness (QED) is 0.830. The fourth-order valence-corrected chi connectivity index (χ4v) is 3.15. The fourth-order valence-electron chi connectivity index (χ4n) is 1.55. The molecule has 0 saturated heterocycles. The van der Waals surface area contributed by atoms with Crippen LogP contribution in [0.2, 0.25) is 0 Å². The molecule has 1 N–H and O–H groups in total. The second kappa shape index (κ2) is 7.33. The summed E-state index contributed by atoms with van der Waals surface area (Å²) in [5.74, 6) is -0.868. The number of hydrogen-bond acceptors (Lipinski definition) is 6. The van der Waals surface area contributed by atoms with E-state index in [0.717, 1.165) is 16.3 Å². The third-order valence-electron chi connectivity index (χ3n) is 2.65. The molecule has 0 aromatic carbocycles. The molecule has 1 atom stereocenters. The van der Waals surface area contributed by atoms with E-state index in [1.165, 1.54) is 11.3 Å². The highest BCUT2D eigenvalue weighted by Crippen LogP contribution is 2.28. The predicted molar refractivity (Wildman–Crippen MR) is 83.6 cm³/mol. The van der Waals surface area contributed by atoms with Crippen molar-refractivity contribution in [3.8, 4) is 9.88 Å². The molecule has 2 heterocycles. The number of amides is 1. The average molecular weight is 324 g/mol. The number of nitrogens with zero attached hydrogens (tertiary/aromatic N) is 1. The topological polar surface area (TPSA) is 68.3 Å². The van der Waals surface area contributed by atoms with Crippen LogP contribution < -0.4 is 5.32 Å². The largest absolute Gasteiger partial charge is 0.448 e. The molecule has 1 amide bonds. The van der Waals surface area contributed by atoms with Gasteiger partial charge in [-0.15, -0.1) is 22.7 Å². The molecule has 112 valence electrons. The fraction of sp³-hybridized carbons (Fsp3) is 0.357. The van der Waals surface area contributed by atoms with Gasteiger partial charge in [0.05, 0.1) is 4.88 Å². The minimum absolute atomic E-state index is 0.235. The van der Waals surface area contributed by atoms with Crippen LogP contribution in [-0.2, 0) is 9.53 Å². The van der Waals surface area contributed by atoms with Gasteiger partial charge in [-0.3, -0.25) is 4.79 Å². The number of carbonyl (C=O) groups is 2. The van der Waals surface area contributed by atoms with Gasteiger partial charge in [0.1, 0.15) is 5.01 Å². The monoisotopic (exact) mass is 324 g/mol. The number of ether oxygens (including phenoxy) is 1. The second-order valence-electron chi connectivity index (χ2n) is 4.35. The first kappa shape index (κ1) is 15.7. The van der Waals surface area contributed by atoms with Crippen molar-refractivity contribution in [2.24, 2.45) is 0 Å². The van der Waals surface area contributed by atoms with Gasteiger partial charge < -0.3 is 10.1 Å². The third kappa shape index (κ3) is 4.12. The number of hydrogen-bond donors (Lipinski definition) is 1. The van der Waals surface area contributed by atoms with Crippen LogP contribution in [-0.4, -0.2) is 29.5 Å². The van der Waals surface area contributed by atoms with E-state index in [-0.39, 0.29) is 11.6 Å². The van der Waals surface area contributed by atoms with Gasteiger partial charge >= 0.3 is 5.97 Å². The molecule has 2 rings (SSSR count). The van der Waals surface area contributed by atoms with Gasteiger partial charge in [0, 0.05) is 11.9 Å². The normalized spacial score (nSPS) is 11.9. The Morgan fingerprint density at radius 2 is 2.24 bits per heavy atom. The van der Waals surface area contributed by atoms with Crippen molar-refractivity contribution in [3.63, 3.8) is 0 Å². The van der Waals surface area contributed by atoms with E-state index >= 15 is 0 Å². The van der Waals surface area contributed by atoms with Gasteiger partial charge in [-0.2, -0.15) is 0 Å². The summed E-state index contributed by atoms with van der Waals surface area (Å²) in [6, 6.07) is 3.87. The zero-order valence-corrected chi connectivity index (χ0v) is 13.4. The molecule has 5 nitrogen and oxygen atoms in total. The summed E-state index contributed by atoms with van der Waals surface area (Å²) >= 11 is 2.94. The molecule has 0 aliphatic rings. The third-order valence-corrected chi connectivity index (χ3v) is 4.53. The average Bonchev–Trinajstić information content (AvgIpc) is 3.14. The van der Waals surface area contributed by atoms with E-state index in [9.17, 15) is 9.59 Å². The lowest BCUT2D eigenvalue weighted by Gasteiger charge is -2.12. The first-order valence-corrected chi connectivity index (χ1v) is 8.35. The van der Waals surface area contributed by atoms with Crippen LogP contribution in [0.15, 0.2) is 22.9 Å². The van der Waals surface area contributed by atoms with E-state index in [2.05, 4.69) is 10.3 Å². The molecular formula is C14H16N2O3S2. The maximum Gasteiger partial charge on any atom is 0.358 e. The highest BCUT2D eigenvalue weighted by Gasteiger charge is 2.20. The molecule has 0 fully saturated rings. The molecule has 7 heteroatoms. The highest BCUT2D eigenvalue weighted by molar-refractivity contribution is 7.20. The van der Waals surface area contributed by atoms with Crippen molar-refractivity contribution >= 4 is 34.6 Å². The van der Waals surface area contributed by atoms with Crippen molar-refractivity contribution in [1.29, 1.82) is 0 Å². The minimum atomic E-state index is -0.823. The standard InChI is InChI=1S/C14H16N2O3S2/c1-3-6-15-12(17)9(2)19-14(18)10-8-21-13(16-10)11-5-4-7-20-11/h4-5,7-9H,3,6H2,1-2H3,(H,15,17)/t9-/m1/s1. The molecule has 0 aliphatic carbocycles. The van der Waals surface area contributed by atoms with Gasteiger partial charge in [-0.1, -0.05) is 13.0 Å². The molecule has 21 heavy (non-hydrogen) atoms. The van der Waals surface area contributed by atoms with E-state index in [0.29, 0.717) is 6.54 Å². The first-order chi connectivity index (χ1) is 10.1. The van der Waals surface area contributed by atoms with Gasteiger partial charge in [0.25, 0.3) is 5.91 Å². The van der Waals surface area contributed by atoms with E-state index < -0.39 is 12.1 Å². The van der Waals surface area contributed by atoms with Crippen molar-refractivity contribution in [2.75, 3.05) is 6.54 Å². The van der Waals surface area contributed by atoms with Gasteiger partial charge in [-0.05, 0) is 24.8 Å². The summed E-state index contributed by atoms with van der Waals surface area (Å²) in [7, 11) is 0. The van der Waals surface area contributed by atoms with E-state index in [1.807, 2.05) is 24.4 Å². The number of carbonyl (C=O) groups excluding carboxylic acids is 2. The Balaban J connectivity index is 1.96. The van der Waals surface area contributed by atoms with Crippen molar-refractivity contribution < 1.29 is 14.3 Å². The summed E-state index contributed by atoms with van der Waals surface area (Å²) < 4.78 is 5.12. The van der Waals surface area contributed by atoms with Crippen LogP contribution in [0.1, 0.15) is 30.8 Å². The summed E-state index contributed by atoms with van der Waals surface area (Å²) in [6.07, 6.45) is 0.0128. The van der Waals surface area contributed by atoms with E-state index in [4.69, 9.17) is 4.74 Å². The number of aromatic nitrogens is 1. The molecule has 2 aromatic rings. The van der Waals surface area contributed by atoms with Crippen molar-refractivity contribution in [2.45, 2.75) is 26.4 Å². The lowest BCUT2D eigenvalue weighted by atomic mass is 10.3. The predicted octanol–water partition coefficient (Wildman–Crippen LogP) is 2.94. The zero-order valence-electron chi connectivity index (χ0n) is 11.8. The van der Waals surface area contributed by atoms with Crippen molar-refractivity contribution in [3.05, 3.63) is 28.6 Å². The Morgan fingerprint density at radius 1 is 1.43 bits per heavy atom. The van der Waals surface area contributed by atoms with Gasteiger partial charge in [0.15, 0.2) is 11.8 Å². The number of thiazole rings is 1. The van der Waals surface area contributed by atoms with Crippen LogP contribution >= 0.6 is 22.7 Å². The van der Waals surface area contributed by atoms with Crippen molar-refractivity contribution in [1.82, 2.24) is 10.3 Å². The zero-order chi connectivity index (χ0) is 15.2. The maximum absolute atomic E-state index is 12.0. The Morgan fingerprint density at radius 3 is 2.90 bits per heavy atom. The second-order valence-corrected chi connectivity index (χ2v) is 6.16. The first-order valence-electron chi connectivity index (χ1n) is 6.60. The lowest BCUT2D eigenvalue weighted by Crippen LogP contribution is -2.36. The Kier molecular flexibility index (Phi) is 5.46. The van der Waals surface area contributed by atoms with Gasteiger partial charge in [0.2, 0.25) is 0 Å². The van der Waals surface area contributed by atoms with Crippen LogP contribution in [0.3, 0.4) is 0 Å². The Hall–Kier alpha value is -1.73. The molecule has 0 spiro atoms. The Bertz CT molecular complexity index is 608. The van der Waals surface area contributed by atoms with Crippen LogP contribution in [0.25, 0.3) is 9.88 Å². The number of esters is 1. The summed E-state index contributed by atoms with van der Waals surface area (Å²) in [5.41, 5.74) is 0.235. The van der Waals surface area contributed by atoms with Gasteiger partial charge in [-0.25, -0.2) is 9.78 Å². The highest BCUT2D eigenvalue weighted by atomic mass is 32.1. The summed E-state index contributed by atoms with van der Waals surface area (Å²) in [6.45, 7) is 4.08. The molecule has 0 radical (unpaired) electrons. The lowest BCUT2D eigenvalue weighted by molar-refractivity contribution is -0.129. The minimum Gasteiger partial charge on any atom is -0.448 e. The number of rotatable bonds is 6. The summed E-state index contributed by atoms with van der Waals surface area (Å²) in [4.78, 5) is 28.9. The summed E-state index contributed by atoms with van der Waals surface area (Å²) in [5, 5.41) is 7.06.